The lowest BCUT2D eigenvalue weighted by molar-refractivity contribution is -0.274. The molecule has 1 aromatic heterocycles. The Bertz CT molecular complexity index is 945. The fourth-order valence-electron chi connectivity index (χ4n) is 4.36. The fraction of sp³-hybridized carbons (Fsp3) is 0.455. The lowest BCUT2D eigenvalue weighted by Gasteiger charge is -2.24. The second kappa shape index (κ2) is 9.15. The number of carbonyl (C=O) groups excluding carboxylic acids is 1. The number of alkyl halides is 3. The molecule has 1 saturated heterocycles. The number of likely N-dealkylation sites (tertiary alicyclic amines) is 1. The van der Waals surface area contributed by atoms with Gasteiger partial charge in [-0.15, -0.1) is 13.2 Å². The molecule has 2 atom stereocenters. The first kappa shape index (κ1) is 22.7. The van der Waals surface area contributed by atoms with E-state index in [9.17, 15) is 18.0 Å². The number of pyridine rings is 1. The molecule has 0 N–H and O–H groups in total. The van der Waals surface area contributed by atoms with Crippen molar-refractivity contribution >= 4 is 17.7 Å². The molecule has 2 heterocycles. The second-order valence-electron chi connectivity index (χ2n) is 8.10. The number of carbonyl (C=O) groups is 1. The van der Waals surface area contributed by atoms with E-state index >= 15 is 0 Å². The monoisotopic (exact) mass is 469 g/mol. The molecule has 0 spiro atoms. The molecule has 0 radical (unpaired) electrons. The number of halogens is 4. The topological polar surface area (TPSA) is 54.9 Å². The first-order valence-corrected chi connectivity index (χ1v) is 10.7. The standard InChI is InChI=1S/C22H23ClF3N3O3/c1-2-28-11-17-18(12-28)19(17)13-29(21(30)31-20-7-6-15(23)9-27-20)10-14-4-3-5-16(8-14)32-22(24,25)26/h3-9,17-19H,2,10-13H2,1H3. The summed E-state index contributed by atoms with van der Waals surface area (Å²) in [6.07, 6.45) is -4.02. The summed E-state index contributed by atoms with van der Waals surface area (Å²) in [6, 6.07) is 8.66. The highest BCUT2D eigenvalue weighted by atomic mass is 35.5. The Kier molecular flexibility index (Phi) is 6.48. The first-order chi connectivity index (χ1) is 15.2. The van der Waals surface area contributed by atoms with Crippen molar-refractivity contribution in [1.82, 2.24) is 14.8 Å². The third kappa shape index (κ3) is 5.63. The molecule has 1 aliphatic heterocycles. The van der Waals surface area contributed by atoms with Crippen molar-refractivity contribution in [2.75, 3.05) is 26.2 Å². The van der Waals surface area contributed by atoms with Crippen LogP contribution >= 0.6 is 11.6 Å². The maximum atomic E-state index is 12.9. The van der Waals surface area contributed by atoms with Gasteiger partial charge >= 0.3 is 12.5 Å². The van der Waals surface area contributed by atoms with Crippen LogP contribution in [-0.4, -0.2) is 53.4 Å². The van der Waals surface area contributed by atoms with Crippen molar-refractivity contribution in [3.05, 3.63) is 53.2 Å². The van der Waals surface area contributed by atoms with Crippen LogP contribution in [0, 0.1) is 17.8 Å². The van der Waals surface area contributed by atoms with Crippen molar-refractivity contribution in [2.24, 2.45) is 17.8 Å². The van der Waals surface area contributed by atoms with Gasteiger partial charge in [0.25, 0.3) is 0 Å². The molecule has 2 unspecified atom stereocenters. The molecular formula is C22H23ClF3N3O3. The third-order valence-corrected chi connectivity index (χ3v) is 6.20. The van der Waals surface area contributed by atoms with E-state index in [2.05, 4.69) is 21.5 Å². The minimum atomic E-state index is -4.78. The minimum Gasteiger partial charge on any atom is -0.406 e. The predicted molar refractivity (Wildman–Crippen MR) is 111 cm³/mol. The third-order valence-electron chi connectivity index (χ3n) is 5.98. The van der Waals surface area contributed by atoms with Gasteiger partial charge in [0, 0.05) is 38.4 Å². The fourth-order valence-corrected chi connectivity index (χ4v) is 4.47. The molecule has 2 fully saturated rings. The van der Waals surface area contributed by atoms with Gasteiger partial charge in [0.15, 0.2) is 0 Å². The minimum absolute atomic E-state index is 0.0922. The van der Waals surface area contributed by atoms with Crippen LogP contribution in [0.25, 0.3) is 0 Å². The molecule has 172 valence electrons. The van der Waals surface area contributed by atoms with Crippen LogP contribution in [0.4, 0.5) is 18.0 Å². The van der Waals surface area contributed by atoms with E-state index in [1.165, 1.54) is 35.4 Å². The van der Waals surface area contributed by atoms with Gasteiger partial charge in [0.1, 0.15) is 5.75 Å². The van der Waals surface area contributed by atoms with Crippen molar-refractivity contribution in [3.8, 4) is 11.6 Å². The lowest BCUT2D eigenvalue weighted by Crippen LogP contribution is -2.37. The van der Waals surface area contributed by atoms with Crippen LogP contribution in [0.5, 0.6) is 11.6 Å². The summed E-state index contributed by atoms with van der Waals surface area (Å²) < 4.78 is 47.2. The van der Waals surface area contributed by atoms with E-state index in [-0.39, 0.29) is 18.2 Å². The first-order valence-electron chi connectivity index (χ1n) is 10.4. The van der Waals surface area contributed by atoms with Crippen LogP contribution in [0.2, 0.25) is 5.02 Å². The summed E-state index contributed by atoms with van der Waals surface area (Å²) in [5, 5.41) is 0.411. The number of fused-ring (bicyclic) bond motifs is 1. The Morgan fingerprint density at radius 1 is 1.25 bits per heavy atom. The Labute approximate surface area is 188 Å². The number of ether oxygens (including phenoxy) is 2. The summed E-state index contributed by atoms with van der Waals surface area (Å²) in [6.45, 7) is 5.68. The molecule has 4 rings (SSSR count). The van der Waals surface area contributed by atoms with Gasteiger partial charge in [-0.2, -0.15) is 0 Å². The van der Waals surface area contributed by atoms with Gasteiger partial charge in [-0.25, -0.2) is 9.78 Å². The van der Waals surface area contributed by atoms with E-state index in [1.54, 1.807) is 12.1 Å². The number of hydrogen-bond donors (Lipinski definition) is 0. The predicted octanol–water partition coefficient (Wildman–Crippen LogP) is 4.83. The number of benzene rings is 1. The molecule has 2 aromatic rings. The Hall–Kier alpha value is -2.52. The molecule has 1 saturated carbocycles. The number of rotatable bonds is 7. The van der Waals surface area contributed by atoms with Gasteiger partial charge < -0.3 is 19.3 Å². The highest BCUT2D eigenvalue weighted by molar-refractivity contribution is 6.30. The average molecular weight is 470 g/mol. The van der Waals surface area contributed by atoms with Crippen LogP contribution in [0.1, 0.15) is 12.5 Å². The van der Waals surface area contributed by atoms with E-state index in [0.29, 0.717) is 34.9 Å². The highest BCUT2D eigenvalue weighted by Crippen LogP contribution is 2.52. The normalized spacial score (nSPS) is 22.3. The molecule has 32 heavy (non-hydrogen) atoms. The molecular weight excluding hydrogens is 447 g/mol. The van der Waals surface area contributed by atoms with Crippen LogP contribution in [-0.2, 0) is 6.54 Å². The summed E-state index contributed by atoms with van der Waals surface area (Å²) in [7, 11) is 0. The van der Waals surface area contributed by atoms with Crippen molar-refractivity contribution < 1.29 is 27.4 Å². The average Bonchev–Trinajstić information content (AvgIpc) is 3.16. The molecule has 0 bridgehead atoms. The van der Waals surface area contributed by atoms with E-state index in [1.807, 2.05) is 0 Å². The zero-order valence-electron chi connectivity index (χ0n) is 17.4. The lowest BCUT2D eigenvalue weighted by atomic mass is 10.2. The van der Waals surface area contributed by atoms with E-state index in [0.717, 1.165) is 19.6 Å². The van der Waals surface area contributed by atoms with Gasteiger partial charge in [0.2, 0.25) is 5.88 Å². The Morgan fingerprint density at radius 3 is 2.62 bits per heavy atom. The van der Waals surface area contributed by atoms with Crippen molar-refractivity contribution in [2.45, 2.75) is 19.8 Å². The van der Waals surface area contributed by atoms with Gasteiger partial charge in [-0.05, 0) is 48.1 Å². The largest absolute Gasteiger partial charge is 0.573 e. The van der Waals surface area contributed by atoms with Crippen molar-refractivity contribution in [1.29, 1.82) is 0 Å². The zero-order chi connectivity index (χ0) is 22.9. The number of aromatic nitrogens is 1. The van der Waals surface area contributed by atoms with Gasteiger partial charge in [-0.3, -0.25) is 0 Å². The summed E-state index contributed by atoms with van der Waals surface area (Å²) in [5.74, 6) is 1.17. The highest BCUT2D eigenvalue weighted by Gasteiger charge is 2.55. The molecule has 10 heteroatoms. The quantitative estimate of drug-likeness (QED) is 0.581. The van der Waals surface area contributed by atoms with Crippen LogP contribution in [0.3, 0.4) is 0 Å². The molecule has 1 aromatic carbocycles. The summed E-state index contributed by atoms with van der Waals surface area (Å²) in [4.78, 5) is 20.8. The molecule has 2 aliphatic rings. The second-order valence-corrected chi connectivity index (χ2v) is 8.54. The molecule has 1 aliphatic carbocycles. The van der Waals surface area contributed by atoms with Gasteiger partial charge in [0.05, 0.1) is 5.02 Å². The summed E-state index contributed by atoms with van der Waals surface area (Å²) in [5.41, 5.74) is 0.508. The zero-order valence-corrected chi connectivity index (χ0v) is 18.1. The van der Waals surface area contributed by atoms with E-state index < -0.39 is 12.5 Å². The maximum absolute atomic E-state index is 12.9. The SMILES string of the molecule is CCN1CC2C(C1)C2CN(Cc1cccc(OC(F)(F)F)c1)C(=O)Oc1ccc(Cl)cn1. The molecule has 6 nitrogen and oxygen atoms in total. The van der Waals surface area contributed by atoms with Gasteiger partial charge in [-0.1, -0.05) is 30.7 Å². The number of hydrogen-bond acceptors (Lipinski definition) is 5. The number of piperidine rings is 1. The van der Waals surface area contributed by atoms with Crippen LogP contribution < -0.4 is 9.47 Å². The van der Waals surface area contributed by atoms with E-state index in [4.69, 9.17) is 16.3 Å². The number of nitrogens with zero attached hydrogens (tertiary/aromatic N) is 3. The van der Waals surface area contributed by atoms with Crippen LogP contribution in [0.15, 0.2) is 42.6 Å². The maximum Gasteiger partial charge on any atom is 0.573 e. The Balaban J connectivity index is 1.47. The number of amides is 1. The molecule has 1 amide bonds. The van der Waals surface area contributed by atoms with Crippen molar-refractivity contribution in [3.63, 3.8) is 0 Å². The summed E-state index contributed by atoms with van der Waals surface area (Å²) >= 11 is 5.82. The Morgan fingerprint density at radius 2 is 2.00 bits per heavy atom. The smallest absolute Gasteiger partial charge is 0.406 e.